The maximum absolute atomic E-state index is 13.5. The second kappa shape index (κ2) is 5.55. The summed E-state index contributed by atoms with van der Waals surface area (Å²) in [7, 11) is -4.09. The number of hydrogen-bond acceptors (Lipinski definition) is 4. The Morgan fingerprint density at radius 2 is 2.05 bits per heavy atom. The van der Waals surface area contributed by atoms with Gasteiger partial charge in [-0.2, -0.15) is 0 Å². The molecule has 0 unspecified atom stereocenters. The first-order valence-electron chi connectivity index (χ1n) is 5.61. The first-order chi connectivity index (χ1) is 9.40. The number of aromatic amines is 1. The molecule has 0 bridgehead atoms. The van der Waals surface area contributed by atoms with Gasteiger partial charge in [0.25, 0.3) is 0 Å². The van der Waals surface area contributed by atoms with Crippen LogP contribution in [0, 0.1) is 11.6 Å². The summed E-state index contributed by atoms with van der Waals surface area (Å²) >= 11 is 0. The molecule has 0 fully saturated rings. The molecule has 0 saturated carbocycles. The second-order valence-electron chi connectivity index (χ2n) is 4.03. The van der Waals surface area contributed by atoms with E-state index in [1.54, 1.807) is 6.20 Å². The van der Waals surface area contributed by atoms with Crippen LogP contribution in [0.4, 0.5) is 14.5 Å². The van der Waals surface area contributed by atoms with Crippen LogP contribution in [0.15, 0.2) is 29.6 Å². The van der Waals surface area contributed by atoms with E-state index in [-0.39, 0.29) is 6.54 Å². The van der Waals surface area contributed by atoms with Crippen LogP contribution >= 0.6 is 0 Å². The molecular weight excluding hydrogens is 290 g/mol. The Morgan fingerprint density at radius 3 is 2.70 bits per heavy atom. The van der Waals surface area contributed by atoms with Crippen LogP contribution in [0.5, 0.6) is 0 Å². The topological polar surface area (TPSA) is 101 Å². The first-order valence-corrected chi connectivity index (χ1v) is 7.10. The van der Waals surface area contributed by atoms with Gasteiger partial charge < -0.3 is 10.7 Å². The van der Waals surface area contributed by atoms with Crippen LogP contribution in [0.3, 0.4) is 0 Å². The monoisotopic (exact) mass is 302 g/mol. The van der Waals surface area contributed by atoms with Crippen molar-refractivity contribution in [1.82, 2.24) is 14.7 Å². The zero-order chi connectivity index (χ0) is 14.8. The number of anilines is 1. The maximum Gasteiger partial charge on any atom is 0.243 e. The molecule has 2 rings (SSSR count). The second-order valence-corrected chi connectivity index (χ2v) is 5.76. The molecule has 2 aromatic rings. The van der Waals surface area contributed by atoms with E-state index >= 15 is 0 Å². The zero-order valence-corrected chi connectivity index (χ0v) is 11.0. The number of imidazole rings is 1. The Bertz CT molecular complexity index is 701. The third kappa shape index (κ3) is 3.11. The quantitative estimate of drug-likeness (QED) is 0.711. The lowest BCUT2D eigenvalue weighted by atomic mass is 10.3. The Balaban J connectivity index is 2.12. The molecule has 9 heteroatoms. The number of rotatable bonds is 5. The van der Waals surface area contributed by atoms with E-state index in [1.165, 1.54) is 6.33 Å². The Kier molecular flexibility index (Phi) is 4.00. The highest BCUT2D eigenvalue weighted by Gasteiger charge is 2.20. The van der Waals surface area contributed by atoms with Crippen LogP contribution < -0.4 is 10.5 Å². The number of sulfonamides is 1. The summed E-state index contributed by atoms with van der Waals surface area (Å²) in [5.41, 5.74) is 5.54. The predicted molar refractivity (Wildman–Crippen MR) is 68.3 cm³/mol. The largest absolute Gasteiger partial charge is 0.396 e. The minimum atomic E-state index is -4.09. The van der Waals surface area contributed by atoms with Crippen LogP contribution in [0.2, 0.25) is 0 Å². The van der Waals surface area contributed by atoms with E-state index in [0.717, 1.165) is 11.8 Å². The van der Waals surface area contributed by atoms with Crippen molar-refractivity contribution in [3.8, 4) is 0 Å². The number of nitrogens with zero attached hydrogens (tertiary/aromatic N) is 1. The smallest absolute Gasteiger partial charge is 0.243 e. The molecule has 1 aromatic heterocycles. The lowest BCUT2D eigenvalue weighted by Gasteiger charge is -2.08. The van der Waals surface area contributed by atoms with Crippen LogP contribution in [-0.4, -0.2) is 24.9 Å². The van der Waals surface area contributed by atoms with Crippen LogP contribution in [-0.2, 0) is 16.4 Å². The summed E-state index contributed by atoms with van der Waals surface area (Å²) in [5.74, 6) is -2.19. The van der Waals surface area contributed by atoms with Gasteiger partial charge in [-0.1, -0.05) is 0 Å². The van der Waals surface area contributed by atoms with Gasteiger partial charge in [-0.3, -0.25) is 0 Å². The van der Waals surface area contributed by atoms with Gasteiger partial charge in [0, 0.05) is 30.9 Å². The van der Waals surface area contributed by atoms with Crippen LogP contribution in [0.1, 0.15) is 5.69 Å². The van der Waals surface area contributed by atoms with E-state index in [1.807, 2.05) is 0 Å². The maximum atomic E-state index is 13.5. The average molecular weight is 302 g/mol. The van der Waals surface area contributed by atoms with Gasteiger partial charge in [0.05, 0.1) is 12.0 Å². The number of nitrogens with two attached hydrogens (primary N) is 1. The molecule has 0 aliphatic heterocycles. The summed E-state index contributed by atoms with van der Waals surface area (Å²) in [6.45, 7) is 0.0429. The van der Waals surface area contributed by atoms with E-state index in [9.17, 15) is 17.2 Å². The van der Waals surface area contributed by atoms with Gasteiger partial charge in [-0.25, -0.2) is 26.9 Å². The fourth-order valence-corrected chi connectivity index (χ4v) is 2.69. The van der Waals surface area contributed by atoms with Gasteiger partial charge in [-0.05, 0) is 6.07 Å². The van der Waals surface area contributed by atoms with Crippen molar-refractivity contribution >= 4 is 15.7 Å². The number of benzene rings is 1. The molecule has 0 spiro atoms. The van der Waals surface area contributed by atoms with Gasteiger partial charge in [0.15, 0.2) is 0 Å². The number of nitrogens with one attached hydrogen (secondary N) is 2. The number of hydrogen-bond donors (Lipinski definition) is 3. The van der Waals surface area contributed by atoms with Crippen molar-refractivity contribution in [2.45, 2.75) is 11.3 Å². The molecule has 108 valence electrons. The lowest BCUT2D eigenvalue weighted by molar-refractivity contribution is 0.544. The highest BCUT2D eigenvalue weighted by molar-refractivity contribution is 7.89. The van der Waals surface area contributed by atoms with Gasteiger partial charge in [0.2, 0.25) is 10.0 Å². The molecule has 1 aromatic carbocycles. The molecule has 0 radical (unpaired) electrons. The summed E-state index contributed by atoms with van der Waals surface area (Å²) < 4.78 is 52.5. The summed E-state index contributed by atoms with van der Waals surface area (Å²) in [6, 6.07) is 1.20. The minimum Gasteiger partial charge on any atom is -0.396 e. The normalized spacial score (nSPS) is 11.7. The highest BCUT2D eigenvalue weighted by Crippen LogP contribution is 2.20. The molecular formula is C11H12F2N4O2S. The molecule has 0 aliphatic rings. The van der Waals surface area contributed by atoms with Crippen molar-refractivity contribution in [1.29, 1.82) is 0 Å². The number of aromatic nitrogens is 2. The van der Waals surface area contributed by atoms with E-state index < -0.39 is 32.2 Å². The lowest BCUT2D eigenvalue weighted by Crippen LogP contribution is -2.27. The first kappa shape index (κ1) is 14.4. The Morgan fingerprint density at radius 1 is 1.30 bits per heavy atom. The van der Waals surface area contributed by atoms with Crippen molar-refractivity contribution in [2.24, 2.45) is 0 Å². The number of H-pyrrole nitrogens is 1. The number of halogens is 2. The fourth-order valence-electron chi connectivity index (χ4n) is 1.57. The van der Waals surface area contributed by atoms with Crippen molar-refractivity contribution in [2.75, 3.05) is 12.3 Å². The summed E-state index contributed by atoms with van der Waals surface area (Å²) in [5, 5.41) is 0. The van der Waals surface area contributed by atoms with E-state index in [4.69, 9.17) is 5.73 Å². The molecule has 0 aliphatic carbocycles. The Labute approximate surface area is 114 Å². The molecule has 6 nitrogen and oxygen atoms in total. The van der Waals surface area contributed by atoms with E-state index in [2.05, 4.69) is 14.7 Å². The summed E-state index contributed by atoms with van der Waals surface area (Å²) in [4.78, 5) is 5.90. The molecule has 0 atom stereocenters. The highest BCUT2D eigenvalue weighted by atomic mass is 32.2. The standard InChI is InChI=1S/C11H12F2N4O2S/c12-8-3-9(13)11(4-10(8)14)20(18,19)17-2-1-7-5-15-6-16-7/h3-6,17H,1-2,14H2,(H,15,16). The van der Waals surface area contributed by atoms with Gasteiger partial charge >= 0.3 is 0 Å². The van der Waals surface area contributed by atoms with Crippen molar-refractivity contribution in [3.63, 3.8) is 0 Å². The van der Waals surface area contributed by atoms with Crippen molar-refractivity contribution in [3.05, 3.63) is 42.0 Å². The zero-order valence-electron chi connectivity index (χ0n) is 10.2. The molecule has 0 saturated heterocycles. The third-order valence-corrected chi connectivity index (χ3v) is 4.06. The van der Waals surface area contributed by atoms with E-state index in [0.29, 0.717) is 12.5 Å². The van der Waals surface area contributed by atoms with Gasteiger partial charge in [-0.15, -0.1) is 0 Å². The van der Waals surface area contributed by atoms with Crippen molar-refractivity contribution < 1.29 is 17.2 Å². The molecule has 4 N–H and O–H groups in total. The fraction of sp³-hybridized carbons (Fsp3) is 0.182. The Hall–Kier alpha value is -2.00. The molecule has 0 amide bonds. The SMILES string of the molecule is Nc1cc(S(=O)(=O)NCCc2cnc[nH]2)c(F)cc1F. The molecule has 20 heavy (non-hydrogen) atoms. The van der Waals surface area contributed by atoms with Crippen LogP contribution in [0.25, 0.3) is 0 Å². The third-order valence-electron chi connectivity index (χ3n) is 2.58. The number of nitrogen functional groups attached to an aromatic ring is 1. The average Bonchev–Trinajstić information content (AvgIpc) is 2.86. The van der Waals surface area contributed by atoms with Gasteiger partial charge in [0.1, 0.15) is 16.5 Å². The minimum absolute atomic E-state index is 0.0429. The predicted octanol–water partition coefficient (Wildman–Crippen LogP) is 0.791. The summed E-state index contributed by atoms with van der Waals surface area (Å²) in [6.07, 6.45) is 3.37. The molecule has 1 heterocycles.